The number of amides is 10. The summed E-state index contributed by atoms with van der Waals surface area (Å²) in [5, 5.41) is 60.4. The highest BCUT2D eigenvalue weighted by atomic mass is 16.4. The van der Waals surface area contributed by atoms with Gasteiger partial charge in [-0.05, 0) is 104 Å². The van der Waals surface area contributed by atoms with E-state index in [1.807, 2.05) is 6.92 Å². The molecule has 2 aromatic carbocycles. The molecule has 494 valence electrons. The number of hydrogen-bond donors (Lipinski definition) is 16. The van der Waals surface area contributed by atoms with Gasteiger partial charge in [-0.1, -0.05) is 92.5 Å². The van der Waals surface area contributed by atoms with Crippen LogP contribution in [0.3, 0.4) is 0 Å². The first-order valence-electron chi connectivity index (χ1n) is 30.1. The first-order chi connectivity index (χ1) is 41.9. The molecule has 3 rings (SSSR count). The third kappa shape index (κ3) is 24.5. The number of aromatic hydroxyl groups is 2. The molecule has 0 saturated carbocycles. The molecule has 10 amide bonds. The van der Waals surface area contributed by atoms with Gasteiger partial charge in [-0.15, -0.1) is 0 Å². The number of carboxylic acid groups (broad SMARTS) is 1. The molecule has 20 N–H and O–H groups in total. The molecule has 0 spiro atoms. The SMILES string of the molecule is CCC(C)C(NC(=O)C1CCCN1C(=O)C(NC(=O)C(N)Cc1ccc(O)cc1)C(C)CC)C(=O)NC(CCC(N)=O)C(=O)NC(Cc1ccc(O)cc1)C(=O)NC(C(=O)NC(CC(C)C)C(=O)NC(CO)C(=O)NC(CCCN=C(N)N)C(=O)O)C(C)C. The van der Waals surface area contributed by atoms with Crippen molar-refractivity contribution in [3.8, 4) is 11.5 Å². The van der Waals surface area contributed by atoms with Crippen molar-refractivity contribution >= 4 is 71.0 Å². The molecule has 0 aromatic heterocycles. The number of aliphatic imine (C=N–C) groups is 1. The number of aliphatic carboxylic acids is 1. The molecule has 29 heteroatoms. The first kappa shape index (κ1) is 74.7. The van der Waals surface area contributed by atoms with Crippen molar-refractivity contribution in [2.45, 2.75) is 186 Å². The number of phenols is 2. The lowest BCUT2D eigenvalue weighted by atomic mass is 9.95. The van der Waals surface area contributed by atoms with Crippen LogP contribution in [0.5, 0.6) is 11.5 Å². The van der Waals surface area contributed by atoms with Crippen LogP contribution in [0.2, 0.25) is 0 Å². The molecular weight excluding hydrogens is 1160 g/mol. The highest BCUT2D eigenvalue weighted by Gasteiger charge is 2.42. The van der Waals surface area contributed by atoms with Crippen LogP contribution in [0.4, 0.5) is 0 Å². The molecule has 1 saturated heterocycles. The summed E-state index contributed by atoms with van der Waals surface area (Å²) >= 11 is 0. The summed E-state index contributed by atoms with van der Waals surface area (Å²) in [6.45, 7) is 13.0. The van der Waals surface area contributed by atoms with E-state index < -0.39 is 156 Å². The molecule has 89 heavy (non-hydrogen) atoms. The molecule has 29 nitrogen and oxygen atoms in total. The molecule has 12 atom stereocenters. The Morgan fingerprint density at radius 2 is 1.07 bits per heavy atom. The lowest BCUT2D eigenvalue weighted by Gasteiger charge is -2.33. The Kier molecular flexibility index (Phi) is 30.7. The Morgan fingerprint density at radius 3 is 1.60 bits per heavy atom. The Morgan fingerprint density at radius 1 is 0.584 bits per heavy atom. The number of nitrogens with one attached hydrogen (secondary N) is 8. The number of nitrogens with two attached hydrogens (primary N) is 4. The van der Waals surface area contributed by atoms with Crippen LogP contribution >= 0.6 is 0 Å². The number of guanidine groups is 1. The minimum absolute atomic E-state index is 0.0161. The summed E-state index contributed by atoms with van der Waals surface area (Å²) in [5.74, 6) is -11.9. The fourth-order valence-corrected chi connectivity index (χ4v) is 9.77. The van der Waals surface area contributed by atoms with Gasteiger partial charge in [0.15, 0.2) is 5.96 Å². The third-order valence-corrected chi connectivity index (χ3v) is 15.4. The van der Waals surface area contributed by atoms with Gasteiger partial charge in [0.05, 0.1) is 12.6 Å². The normalized spacial score (nSPS) is 16.7. The highest BCUT2D eigenvalue weighted by Crippen LogP contribution is 2.23. The quantitative estimate of drug-likeness (QED) is 0.0203. The number of carboxylic acids is 1. The number of carbonyl (C=O) groups excluding carboxylic acids is 10. The van der Waals surface area contributed by atoms with Gasteiger partial charge in [-0.2, -0.15) is 0 Å². The molecule has 1 aliphatic rings. The lowest BCUT2D eigenvalue weighted by molar-refractivity contribution is -0.143. The number of nitrogens with zero attached hydrogens (tertiary/aromatic N) is 2. The summed E-state index contributed by atoms with van der Waals surface area (Å²) in [5.41, 5.74) is 23.6. The van der Waals surface area contributed by atoms with E-state index in [1.165, 1.54) is 41.3 Å². The minimum Gasteiger partial charge on any atom is -0.508 e. The molecule has 0 radical (unpaired) electrons. The minimum atomic E-state index is -1.66. The summed E-state index contributed by atoms with van der Waals surface area (Å²) in [4.78, 5) is 157. The van der Waals surface area contributed by atoms with Crippen LogP contribution in [0.25, 0.3) is 0 Å². The van der Waals surface area contributed by atoms with Crippen molar-refractivity contribution in [1.82, 2.24) is 47.4 Å². The van der Waals surface area contributed by atoms with E-state index >= 15 is 0 Å². The van der Waals surface area contributed by atoms with Gasteiger partial charge < -0.3 is 90.8 Å². The second-order valence-corrected chi connectivity index (χ2v) is 23.4. The lowest BCUT2D eigenvalue weighted by Crippen LogP contribution is -2.62. The van der Waals surface area contributed by atoms with Crippen molar-refractivity contribution in [3.05, 3.63) is 59.7 Å². The Balaban J connectivity index is 1.89. The standard InChI is InChI=1S/C60H94N14O15/c1-9-33(7)48(72-55(84)45-14-12-26-74(45)58(87)49(34(8)10-2)73-50(79)39(61)28-35-15-19-37(76)20-16-35)57(86)66-40(23-24-46(62)78)51(80)68-43(29-36-17-21-38(77)22-18-36)53(82)71-47(32(5)6)56(85)69-42(27-31(3)4)52(81)70-44(30-75)54(83)67-41(59(88)89)13-11-25-65-60(63)64/h15-22,31-34,39-45,47-49,75-77H,9-14,23-30,61H2,1-8H3,(H2,62,78)(H,66,86)(H,67,83)(H,68,80)(H,69,85)(H,70,81)(H,71,82)(H,72,84)(H,73,79)(H,88,89)(H4,63,64,65). The smallest absolute Gasteiger partial charge is 0.326 e. The zero-order chi connectivity index (χ0) is 66.8. The van der Waals surface area contributed by atoms with E-state index in [2.05, 4.69) is 47.5 Å². The van der Waals surface area contributed by atoms with Gasteiger partial charge in [-0.25, -0.2) is 4.79 Å². The van der Waals surface area contributed by atoms with Crippen LogP contribution in [-0.4, -0.2) is 176 Å². The van der Waals surface area contributed by atoms with Gasteiger partial charge in [0, 0.05) is 25.9 Å². The predicted octanol–water partition coefficient (Wildman–Crippen LogP) is -1.73. The van der Waals surface area contributed by atoms with Crippen LogP contribution in [-0.2, 0) is 65.6 Å². The monoisotopic (exact) mass is 1250 g/mol. The molecule has 1 heterocycles. The van der Waals surface area contributed by atoms with E-state index in [-0.39, 0.29) is 81.4 Å². The van der Waals surface area contributed by atoms with Crippen LogP contribution < -0.4 is 65.5 Å². The van der Waals surface area contributed by atoms with E-state index in [4.69, 9.17) is 22.9 Å². The number of benzene rings is 2. The maximum absolute atomic E-state index is 14.6. The van der Waals surface area contributed by atoms with Crippen molar-refractivity contribution in [2.75, 3.05) is 19.7 Å². The fraction of sp³-hybridized carbons (Fsp3) is 0.600. The van der Waals surface area contributed by atoms with Crippen molar-refractivity contribution in [2.24, 2.45) is 51.6 Å². The number of likely N-dealkylation sites (tertiary alicyclic amines) is 1. The summed E-state index contributed by atoms with van der Waals surface area (Å²) < 4.78 is 0. The zero-order valence-electron chi connectivity index (χ0n) is 52.1. The number of hydrogen-bond acceptors (Lipinski definition) is 16. The highest BCUT2D eigenvalue weighted by molar-refractivity contribution is 5.99. The van der Waals surface area contributed by atoms with Crippen LogP contribution in [0.1, 0.15) is 124 Å². The average Bonchev–Trinajstić information content (AvgIpc) is 2.58. The second-order valence-electron chi connectivity index (χ2n) is 23.4. The number of rotatable bonds is 37. The second kappa shape index (κ2) is 36.6. The molecule has 12 unspecified atom stereocenters. The molecule has 1 fully saturated rings. The Bertz CT molecular complexity index is 2760. The van der Waals surface area contributed by atoms with Crippen molar-refractivity contribution in [1.29, 1.82) is 0 Å². The summed E-state index contributed by atoms with van der Waals surface area (Å²) in [6.07, 6.45) is 0.495. The zero-order valence-corrected chi connectivity index (χ0v) is 52.1. The van der Waals surface area contributed by atoms with E-state index in [1.54, 1.807) is 60.6 Å². The molecule has 1 aliphatic heterocycles. The van der Waals surface area contributed by atoms with Gasteiger partial charge >= 0.3 is 5.97 Å². The number of carbonyl (C=O) groups is 11. The maximum Gasteiger partial charge on any atom is 0.326 e. The summed E-state index contributed by atoms with van der Waals surface area (Å²) in [7, 11) is 0. The van der Waals surface area contributed by atoms with Gasteiger partial charge in [-0.3, -0.25) is 52.9 Å². The number of phenolic OH excluding ortho intramolecular Hbond substituents is 2. The Hall–Kier alpha value is -8.60. The predicted molar refractivity (Wildman–Crippen MR) is 328 cm³/mol. The fourth-order valence-electron chi connectivity index (χ4n) is 9.77. The molecule has 0 aliphatic carbocycles. The van der Waals surface area contributed by atoms with Crippen LogP contribution in [0.15, 0.2) is 53.5 Å². The van der Waals surface area contributed by atoms with E-state index in [0.29, 0.717) is 30.4 Å². The number of aliphatic hydroxyl groups excluding tert-OH is 1. The van der Waals surface area contributed by atoms with Gasteiger partial charge in [0.25, 0.3) is 0 Å². The molecule has 2 aromatic rings. The van der Waals surface area contributed by atoms with Crippen LogP contribution in [0, 0.1) is 23.7 Å². The van der Waals surface area contributed by atoms with E-state index in [9.17, 15) is 73.2 Å². The van der Waals surface area contributed by atoms with Gasteiger partial charge in [0.1, 0.15) is 65.9 Å². The molecule has 0 bridgehead atoms. The Labute approximate surface area is 518 Å². The van der Waals surface area contributed by atoms with Crippen molar-refractivity contribution in [3.63, 3.8) is 0 Å². The first-order valence-corrected chi connectivity index (χ1v) is 30.1. The maximum atomic E-state index is 14.6. The van der Waals surface area contributed by atoms with Gasteiger partial charge in [0.2, 0.25) is 59.1 Å². The average molecular weight is 1250 g/mol. The molecular formula is C60H94N14O15. The third-order valence-electron chi connectivity index (χ3n) is 15.4. The van der Waals surface area contributed by atoms with Crippen molar-refractivity contribution < 1.29 is 73.2 Å². The number of primary amides is 1. The van der Waals surface area contributed by atoms with E-state index in [0.717, 1.165) is 0 Å². The summed E-state index contributed by atoms with van der Waals surface area (Å²) in [6, 6.07) is -1.73. The topological polar surface area (TPSA) is 485 Å². The number of aliphatic hydroxyl groups is 1. The largest absolute Gasteiger partial charge is 0.508 e.